The largest absolute Gasteiger partial charge is 0.451 e. The van der Waals surface area contributed by atoms with Crippen molar-refractivity contribution < 1.29 is 41.0 Å². The minimum absolute atomic E-state index is 0.0256. The van der Waals surface area contributed by atoms with Crippen LogP contribution in [0, 0.1) is 17.5 Å². The molecular formula is C22H25F6N5O3. The van der Waals surface area contributed by atoms with Gasteiger partial charge in [0, 0.05) is 44.6 Å². The van der Waals surface area contributed by atoms with Crippen molar-refractivity contribution in [2.45, 2.75) is 63.8 Å². The van der Waals surface area contributed by atoms with E-state index < -0.39 is 47.3 Å². The van der Waals surface area contributed by atoms with Crippen LogP contribution in [0.15, 0.2) is 12.1 Å². The molecule has 1 atom stereocenters. The monoisotopic (exact) mass is 521 g/mol. The second kappa shape index (κ2) is 11.7. The lowest BCUT2D eigenvalue weighted by molar-refractivity contribution is -0.148. The summed E-state index contributed by atoms with van der Waals surface area (Å²) in [4.78, 5) is 26.6. The third-order valence-electron chi connectivity index (χ3n) is 5.76. The van der Waals surface area contributed by atoms with Crippen molar-refractivity contribution in [3.63, 3.8) is 0 Å². The van der Waals surface area contributed by atoms with Gasteiger partial charge in [0.2, 0.25) is 17.6 Å². The zero-order chi connectivity index (χ0) is 26.5. The molecule has 0 bridgehead atoms. The first-order chi connectivity index (χ1) is 17.0. The van der Waals surface area contributed by atoms with E-state index in [0.717, 1.165) is 4.57 Å². The number of unbranched alkanes of at least 4 members (excludes halogenated alkanes) is 2. The number of hydrogen-bond acceptors (Lipinski definition) is 5. The maximum absolute atomic E-state index is 14.2. The molecule has 1 aliphatic heterocycles. The van der Waals surface area contributed by atoms with Gasteiger partial charge in [-0.15, -0.1) is 10.2 Å². The molecule has 1 aromatic carbocycles. The molecule has 198 valence electrons. The molecule has 36 heavy (non-hydrogen) atoms. The van der Waals surface area contributed by atoms with Crippen molar-refractivity contribution >= 4 is 11.8 Å². The van der Waals surface area contributed by atoms with Crippen molar-refractivity contribution in [1.82, 2.24) is 25.0 Å². The summed E-state index contributed by atoms with van der Waals surface area (Å²) in [6.45, 7) is -0.539. The average Bonchev–Trinajstić information content (AvgIpc) is 3.24. The second-order valence-electron chi connectivity index (χ2n) is 8.47. The lowest BCUT2D eigenvalue weighted by atomic mass is 10.0. The van der Waals surface area contributed by atoms with Crippen molar-refractivity contribution in [1.29, 1.82) is 0 Å². The molecule has 0 radical (unpaired) electrons. The Morgan fingerprint density at radius 2 is 1.75 bits per heavy atom. The van der Waals surface area contributed by atoms with Crippen LogP contribution in [0.2, 0.25) is 0 Å². The van der Waals surface area contributed by atoms with Crippen LogP contribution < -0.4 is 5.32 Å². The van der Waals surface area contributed by atoms with Gasteiger partial charge in [0.05, 0.1) is 6.54 Å². The van der Waals surface area contributed by atoms with Crippen LogP contribution in [-0.2, 0) is 35.3 Å². The Morgan fingerprint density at radius 3 is 2.44 bits per heavy atom. The van der Waals surface area contributed by atoms with Crippen LogP contribution in [0.4, 0.5) is 26.3 Å². The van der Waals surface area contributed by atoms with Crippen LogP contribution in [-0.4, -0.2) is 55.8 Å². The number of aliphatic hydroxyl groups is 1. The topological polar surface area (TPSA) is 100 Å². The molecule has 0 saturated heterocycles. The summed E-state index contributed by atoms with van der Waals surface area (Å²) in [7, 11) is 0. The molecular weight excluding hydrogens is 496 g/mol. The number of carbonyl (C=O) groups excluding carboxylic acids is 2. The van der Waals surface area contributed by atoms with E-state index in [1.54, 1.807) is 0 Å². The van der Waals surface area contributed by atoms with Crippen molar-refractivity contribution in [3.8, 4) is 0 Å². The van der Waals surface area contributed by atoms with Crippen LogP contribution in [0.1, 0.15) is 49.3 Å². The van der Waals surface area contributed by atoms with E-state index in [1.165, 1.54) is 4.90 Å². The van der Waals surface area contributed by atoms with E-state index in [2.05, 4.69) is 15.5 Å². The number of rotatable bonds is 10. The summed E-state index contributed by atoms with van der Waals surface area (Å²) in [6, 6.07) is 0.0285. The zero-order valence-corrected chi connectivity index (χ0v) is 19.1. The molecule has 0 saturated carbocycles. The van der Waals surface area contributed by atoms with Crippen molar-refractivity contribution in [3.05, 3.63) is 46.8 Å². The average molecular weight is 521 g/mol. The summed E-state index contributed by atoms with van der Waals surface area (Å²) in [5, 5.41) is 18.1. The van der Waals surface area contributed by atoms with Crippen LogP contribution >= 0.6 is 0 Å². The highest BCUT2D eigenvalue weighted by Crippen LogP contribution is 2.29. The normalized spacial score (nSPS) is 14.5. The maximum atomic E-state index is 14.2. The lowest BCUT2D eigenvalue weighted by Gasteiger charge is -2.29. The summed E-state index contributed by atoms with van der Waals surface area (Å²) >= 11 is 0. The van der Waals surface area contributed by atoms with E-state index >= 15 is 0 Å². The SMILES string of the molecule is O=C(CCCCCO)N[C@@H](CC(=O)N1CCn2c(nnc2C(F)(F)F)C1)Cc1cc(F)c(F)cc1F. The Morgan fingerprint density at radius 1 is 1.03 bits per heavy atom. The molecule has 0 unspecified atom stereocenters. The van der Waals surface area contributed by atoms with Gasteiger partial charge in [-0.25, -0.2) is 13.2 Å². The molecule has 2 N–H and O–H groups in total. The highest BCUT2D eigenvalue weighted by molar-refractivity contribution is 5.80. The number of amides is 2. The summed E-state index contributed by atoms with van der Waals surface area (Å²) in [5.41, 5.74) is -0.250. The van der Waals surface area contributed by atoms with Gasteiger partial charge in [0.1, 0.15) is 5.82 Å². The molecule has 0 spiro atoms. The Balaban J connectivity index is 1.71. The van der Waals surface area contributed by atoms with Gasteiger partial charge in [-0.1, -0.05) is 6.42 Å². The predicted octanol–water partition coefficient (Wildman–Crippen LogP) is 2.73. The maximum Gasteiger partial charge on any atom is 0.451 e. The second-order valence-corrected chi connectivity index (χ2v) is 8.47. The number of fused-ring (bicyclic) bond motifs is 1. The van der Waals surface area contributed by atoms with Crippen LogP contribution in [0.3, 0.4) is 0 Å². The summed E-state index contributed by atoms with van der Waals surface area (Å²) < 4.78 is 81.2. The molecule has 2 heterocycles. The van der Waals surface area contributed by atoms with Gasteiger partial charge in [0.25, 0.3) is 0 Å². The Bertz CT molecular complexity index is 1090. The number of benzene rings is 1. The Kier molecular flexibility index (Phi) is 8.93. The molecule has 1 aliphatic rings. The fraction of sp³-hybridized carbons (Fsp3) is 0.545. The molecule has 0 aliphatic carbocycles. The van der Waals surface area contributed by atoms with E-state index in [-0.39, 0.29) is 56.9 Å². The molecule has 3 rings (SSSR count). The molecule has 2 amide bonds. The molecule has 14 heteroatoms. The van der Waals surface area contributed by atoms with Gasteiger partial charge in [-0.3, -0.25) is 9.59 Å². The molecule has 8 nitrogen and oxygen atoms in total. The number of nitrogens with zero attached hydrogens (tertiary/aromatic N) is 4. The zero-order valence-electron chi connectivity index (χ0n) is 19.1. The van der Waals surface area contributed by atoms with Crippen molar-refractivity contribution in [2.24, 2.45) is 0 Å². The first kappa shape index (κ1) is 27.4. The van der Waals surface area contributed by atoms with Crippen LogP contribution in [0.25, 0.3) is 0 Å². The van der Waals surface area contributed by atoms with Gasteiger partial charge in [-0.05, 0) is 30.9 Å². The Labute approximate surface area is 202 Å². The van der Waals surface area contributed by atoms with E-state index in [1.807, 2.05) is 0 Å². The third-order valence-corrected chi connectivity index (χ3v) is 5.76. The van der Waals surface area contributed by atoms with E-state index in [9.17, 15) is 35.9 Å². The Hall–Kier alpha value is -3.16. The quantitative estimate of drug-likeness (QED) is 0.285. The number of aromatic nitrogens is 3. The third kappa shape index (κ3) is 6.95. The van der Waals surface area contributed by atoms with E-state index in [4.69, 9.17) is 5.11 Å². The highest BCUT2D eigenvalue weighted by Gasteiger charge is 2.40. The lowest BCUT2D eigenvalue weighted by Crippen LogP contribution is -2.44. The number of halogens is 6. The first-order valence-corrected chi connectivity index (χ1v) is 11.3. The molecule has 0 fully saturated rings. The number of nitrogens with one attached hydrogen (secondary N) is 1. The highest BCUT2D eigenvalue weighted by atomic mass is 19.4. The summed E-state index contributed by atoms with van der Waals surface area (Å²) in [6.07, 6.45) is -3.77. The molecule has 2 aromatic rings. The first-order valence-electron chi connectivity index (χ1n) is 11.3. The van der Waals surface area contributed by atoms with Gasteiger partial charge >= 0.3 is 6.18 Å². The van der Waals surface area contributed by atoms with Gasteiger partial charge in [-0.2, -0.15) is 13.2 Å². The number of carbonyl (C=O) groups is 2. The van der Waals surface area contributed by atoms with Gasteiger partial charge in [0.15, 0.2) is 17.5 Å². The smallest absolute Gasteiger partial charge is 0.396 e. The standard InChI is InChI=1S/C22H25F6N5O3/c23-15-11-17(25)16(24)9-13(15)8-14(29-19(35)4-2-1-3-7-34)10-20(36)32-5-6-33-18(12-32)30-31-21(33)22(26,27)28/h9,11,14,34H,1-8,10,12H2,(H,29,35)/t14-/m1/s1. The fourth-order valence-electron chi connectivity index (χ4n) is 3.95. The van der Waals surface area contributed by atoms with E-state index in [0.29, 0.717) is 31.4 Å². The number of alkyl halides is 3. The number of aliphatic hydroxyl groups excluding tert-OH is 1. The van der Waals surface area contributed by atoms with Gasteiger partial charge < -0.3 is 19.9 Å². The fourth-order valence-corrected chi connectivity index (χ4v) is 3.95. The number of hydrogen-bond donors (Lipinski definition) is 2. The minimum Gasteiger partial charge on any atom is -0.396 e. The summed E-state index contributed by atoms with van der Waals surface area (Å²) in [5.74, 6) is -5.94. The minimum atomic E-state index is -4.70. The molecule has 1 aromatic heterocycles. The van der Waals surface area contributed by atoms with Crippen molar-refractivity contribution in [2.75, 3.05) is 13.2 Å². The van der Waals surface area contributed by atoms with Crippen LogP contribution in [0.5, 0.6) is 0 Å². The predicted molar refractivity (Wildman–Crippen MR) is 113 cm³/mol.